The van der Waals surface area contributed by atoms with E-state index in [0.717, 1.165) is 15.6 Å². The first-order chi connectivity index (χ1) is 9.19. The number of hydrogen-bond donors (Lipinski definition) is 1. The minimum absolute atomic E-state index is 0.0808. The molecule has 0 aliphatic heterocycles. The SMILES string of the molecule is O=C(NCc1ccc(CCl)cc1)c1cccc(Br)c1. The molecule has 0 heterocycles. The molecule has 0 atom stereocenters. The molecule has 0 radical (unpaired) electrons. The van der Waals surface area contributed by atoms with Gasteiger partial charge in [0, 0.05) is 22.5 Å². The molecule has 2 rings (SSSR count). The summed E-state index contributed by atoms with van der Waals surface area (Å²) in [6.45, 7) is 0.508. The molecule has 98 valence electrons. The van der Waals surface area contributed by atoms with E-state index in [9.17, 15) is 4.79 Å². The summed E-state index contributed by atoms with van der Waals surface area (Å²) in [5.74, 6) is 0.424. The second-order valence-corrected chi connectivity index (χ2v) is 5.33. The number of amides is 1. The first kappa shape index (κ1) is 14.1. The number of carbonyl (C=O) groups excluding carboxylic acids is 1. The van der Waals surface area contributed by atoms with Crippen LogP contribution in [0.1, 0.15) is 21.5 Å². The number of benzene rings is 2. The van der Waals surface area contributed by atoms with Crippen molar-refractivity contribution in [3.05, 3.63) is 69.7 Å². The molecular weight excluding hydrogens is 326 g/mol. The van der Waals surface area contributed by atoms with E-state index >= 15 is 0 Å². The van der Waals surface area contributed by atoms with Crippen molar-refractivity contribution in [2.75, 3.05) is 0 Å². The van der Waals surface area contributed by atoms with E-state index in [-0.39, 0.29) is 5.91 Å². The first-order valence-electron chi connectivity index (χ1n) is 5.86. The van der Waals surface area contributed by atoms with Crippen LogP contribution >= 0.6 is 27.5 Å². The van der Waals surface area contributed by atoms with Crippen LogP contribution < -0.4 is 5.32 Å². The zero-order valence-electron chi connectivity index (χ0n) is 10.2. The molecule has 2 nitrogen and oxygen atoms in total. The van der Waals surface area contributed by atoms with Gasteiger partial charge in [-0.2, -0.15) is 0 Å². The van der Waals surface area contributed by atoms with Crippen LogP contribution in [0.5, 0.6) is 0 Å². The van der Waals surface area contributed by atoms with Gasteiger partial charge in [-0.3, -0.25) is 4.79 Å². The number of nitrogens with one attached hydrogen (secondary N) is 1. The molecule has 4 heteroatoms. The highest BCUT2D eigenvalue weighted by molar-refractivity contribution is 9.10. The highest BCUT2D eigenvalue weighted by Crippen LogP contribution is 2.12. The molecule has 0 spiro atoms. The normalized spacial score (nSPS) is 10.2. The molecular formula is C15H13BrClNO. The molecule has 2 aromatic carbocycles. The Morgan fingerprint density at radius 3 is 2.42 bits per heavy atom. The minimum Gasteiger partial charge on any atom is -0.348 e. The first-order valence-corrected chi connectivity index (χ1v) is 7.19. The molecule has 0 saturated heterocycles. The van der Waals surface area contributed by atoms with E-state index in [4.69, 9.17) is 11.6 Å². The number of halogens is 2. The Balaban J connectivity index is 1.96. The van der Waals surface area contributed by atoms with E-state index in [2.05, 4.69) is 21.2 Å². The van der Waals surface area contributed by atoms with E-state index in [1.807, 2.05) is 36.4 Å². The van der Waals surface area contributed by atoms with Crippen molar-refractivity contribution in [1.82, 2.24) is 5.32 Å². The van der Waals surface area contributed by atoms with E-state index < -0.39 is 0 Å². The zero-order valence-corrected chi connectivity index (χ0v) is 12.5. The highest BCUT2D eigenvalue weighted by atomic mass is 79.9. The summed E-state index contributed by atoms with van der Waals surface area (Å²) in [5.41, 5.74) is 2.77. The Hall–Kier alpha value is -1.32. The highest BCUT2D eigenvalue weighted by Gasteiger charge is 2.05. The predicted octanol–water partition coefficient (Wildman–Crippen LogP) is 4.12. The molecule has 1 N–H and O–H groups in total. The summed E-state index contributed by atoms with van der Waals surface area (Å²) in [7, 11) is 0. The molecule has 0 aromatic heterocycles. The van der Waals surface area contributed by atoms with Gasteiger partial charge in [-0.1, -0.05) is 46.3 Å². The monoisotopic (exact) mass is 337 g/mol. The summed E-state index contributed by atoms with van der Waals surface area (Å²) in [4.78, 5) is 11.9. The Kier molecular flexibility index (Phi) is 5.00. The van der Waals surface area contributed by atoms with Crippen molar-refractivity contribution < 1.29 is 4.79 Å². The van der Waals surface area contributed by atoms with Crippen molar-refractivity contribution in [3.63, 3.8) is 0 Å². The molecule has 19 heavy (non-hydrogen) atoms. The number of hydrogen-bond acceptors (Lipinski definition) is 1. The Labute approximate surface area is 125 Å². The summed E-state index contributed by atoms with van der Waals surface area (Å²) < 4.78 is 0.895. The van der Waals surface area contributed by atoms with Crippen molar-refractivity contribution in [3.8, 4) is 0 Å². The van der Waals surface area contributed by atoms with Crippen LogP contribution in [0.25, 0.3) is 0 Å². The smallest absolute Gasteiger partial charge is 0.251 e. The van der Waals surface area contributed by atoms with Crippen LogP contribution in [0, 0.1) is 0 Å². The summed E-state index contributed by atoms with van der Waals surface area (Å²) in [5, 5.41) is 2.89. The Morgan fingerprint density at radius 1 is 1.11 bits per heavy atom. The quantitative estimate of drug-likeness (QED) is 0.835. The molecule has 0 unspecified atom stereocenters. The lowest BCUT2D eigenvalue weighted by Crippen LogP contribution is -2.22. The standard InChI is InChI=1S/C15H13BrClNO/c16-14-3-1-2-13(8-14)15(19)18-10-12-6-4-11(9-17)5-7-12/h1-8H,9-10H2,(H,18,19). The van der Waals surface area contributed by atoms with Crippen LogP contribution in [-0.4, -0.2) is 5.91 Å². The predicted molar refractivity (Wildman–Crippen MR) is 81.3 cm³/mol. The third-order valence-electron chi connectivity index (χ3n) is 2.72. The van der Waals surface area contributed by atoms with Crippen LogP contribution in [0.15, 0.2) is 53.0 Å². The van der Waals surface area contributed by atoms with Gasteiger partial charge in [0.15, 0.2) is 0 Å². The topological polar surface area (TPSA) is 29.1 Å². The van der Waals surface area contributed by atoms with Crippen LogP contribution in [0.2, 0.25) is 0 Å². The Morgan fingerprint density at radius 2 is 1.79 bits per heavy atom. The average Bonchev–Trinajstić information content (AvgIpc) is 2.45. The van der Waals surface area contributed by atoms with Crippen LogP contribution in [0.4, 0.5) is 0 Å². The van der Waals surface area contributed by atoms with Gasteiger partial charge in [-0.15, -0.1) is 11.6 Å². The fraction of sp³-hybridized carbons (Fsp3) is 0.133. The fourth-order valence-corrected chi connectivity index (χ4v) is 2.24. The number of rotatable bonds is 4. The fourth-order valence-electron chi connectivity index (χ4n) is 1.66. The molecule has 0 fully saturated rings. The van der Waals surface area contributed by atoms with Crippen LogP contribution in [-0.2, 0) is 12.4 Å². The van der Waals surface area contributed by atoms with Gasteiger partial charge in [0.2, 0.25) is 0 Å². The maximum atomic E-state index is 11.9. The van der Waals surface area contributed by atoms with Gasteiger partial charge in [0.25, 0.3) is 5.91 Å². The molecule has 0 aliphatic carbocycles. The molecule has 0 saturated carbocycles. The van der Waals surface area contributed by atoms with Gasteiger partial charge in [-0.05, 0) is 29.3 Å². The van der Waals surface area contributed by atoms with Crippen molar-refractivity contribution in [2.24, 2.45) is 0 Å². The van der Waals surface area contributed by atoms with E-state index in [1.54, 1.807) is 12.1 Å². The van der Waals surface area contributed by atoms with Gasteiger partial charge >= 0.3 is 0 Å². The molecule has 1 amide bonds. The lowest BCUT2D eigenvalue weighted by molar-refractivity contribution is 0.0951. The summed E-state index contributed by atoms with van der Waals surface area (Å²) >= 11 is 9.08. The maximum Gasteiger partial charge on any atom is 0.251 e. The molecule has 2 aromatic rings. The molecule has 0 aliphatic rings. The largest absolute Gasteiger partial charge is 0.348 e. The van der Waals surface area contributed by atoms with Crippen molar-refractivity contribution >= 4 is 33.4 Å². The Bertz CT molecular complexity index is 569. The zero-order chi connectivity index (χ0) is 13.7. The molecule has 0 bridgehead atoms. The van der Waals surface area contributed by atoms with Crippen molar-refractivity contribution in [1.29, 1.82) is 0 Å². The minimum atomic E-state index is -0.0808. The third kappa shape index (κ3) is 4.08. The number of carbonyl (C=O) groups is 1. The lowest BCUT2D eigenvalue weighted by atomic mass is 10.1. The summed E-state index contributed by atoms with van der Waals surface area (Å²) in [6, 6.07) is 15.2. The summed E-state index contributed by atoms with van der Waals surface area (Å²) in [6.07, 6.45) is 0. The van der Waals surface area contributed by atoms with Gasteiger partial charge in [-0.25, -0.2) is 0 Å². The average molecular weight is 339 g/mol. The second-order valence-electron chi connectivity index (χ2n) is 4.14. The van der Waals surface area contributed by atoms with E-state index in [0.29, 0.717) is 18.0 Å². The lowest BCUT2D eigenvalue weighted by Gasteiger charge is -2.06. The van der Waals surface area contributed by atoms with Gasteiger partial charge < -0.3 is 5.32 Å². The maximum absolute atomic E-state index is 11.9. The van der Waals surface area contributed by atoms with Gasteiger partial charge in [0.1, 0.15) is 0 Å². The van der Waals surface area contributed by atoms with Gasteiger partial charge in [0.05, 0.1) is 0 Å². The number of alkyl halides is 1. The van der Waals surface area contributed by atoms with Crippen molar-refractivity contribution in [2.45, 2.75) is 12.4 Å². The third-order valence-corrected chi connectivity index (χ3v) is 3.52. The van der Waals surface area contributed by atoms with E-state index in [1.165, 1.54) is 0 Å². The van der Waals surface area contributed by atoms with Crippen LogP contribution in [0.3, 0.4) is 0 Å². The second kappa shape index (κ2) is 6.73.